The number of H-pyrrole nitrogens is 1. The maximum absolute atomic E-state index is 12.7. The molecule has 2 aromatic carbocycles. The number of nitrogens with zero attached hydrogens (tertiary/aromatic N) is 2. The van der Waals surface area contributed by atoms with Gasteiger partial charge in [0, 0.05) is 37.2 Å². The summed E-state index contributed by atoms with van der Waals surface area (Å²) in [5.41, 5.74) is 4.55. The van der Waals surface area contributed by atoms with Gasteiger partial charge in [0.2, 0.25) is 11.9 Å². The first-order valence-electron chi connectivity index (χ1n) is 10.3. The maximum atomic E-state index is 12.7. The highest BCUT2D eigenvalue weighted by Gasteiger charge is 2.33. The van der Waals surface area contributed by atoms with E-state index in [1.54, 1.807) is 12.0 Å². The summed E-state index contributed by atoms with van der Waals surface area (Å²) in [6, 6.07) is 15.1. The number of hydrogen-bond donors (Lipinski definition) is 2. The molecule has 4 rings (SSSR count). The second-order valence-electron chi connectivity index (χ2n) is 7.85. The topological polar surface area (TPSA) is 87.3 Å². The van der Waals surface area contributed by atoms with Crippen LogP contribution in [0.4, 0.5) is 11.6 Å². The Morgan fingerprint density at radius 1 is 1.16 bits per heavy atom. The van der Waals surface area contributed by atoms with Gasteiger partial charge in [-0.2, -0.15) is 0 Å². The van der Waals surface area contributed by atoms with Crippen LogP contribution >= 0.6 is 0 Å². The van der Waals surface area contributed by atoms with Crippen molar-refractivity contribution in [2.45, 2.75) is 32.7 Å². The van der Waals surface area contributed by atoms with Gasteiger partial charge >= 0.3 is 0 Å². The average Bonchev–Trinajstić information content (AvgIpc) is 3.15. The molecule has 7 heteroatoms. The molecule has 2 heterocycles. The van der Waals surface area contributed by atoms with Crippen molar-refractivity contribution in [3.05, 3.63) is 81.3 Å². The molecule has 0 spiro atoms. The number of aromatic amines is 1. The molecule has 0 aliphatic carbocycles. The summed E-state index contributed by atoms with van der Waals surface area (Å²) >= 11 is 0. The Balaban J connectivity index is 1.52. The standard InChI is InChI=1S/C24H26N4O3/c1-15-6-4-9-21(16(15)2)28-14-18(11-23(28)30)20-12-22(29)27-24(26-20)25-13-17-7-5-8-19(10-17)31-3/h4-10,12,18H,11,13-14H2,1-3H3,(H2,25,26,27,29)/t18-/m0/s1. The second-order valence-corrected chi connectivity index (χ2v) is 7.85. The Hall–Kier alpha value is -3.61. The molecule has 0 saturated carbocycles. The third kappa shape index (κ3) is 4.45. The van der Waals surface area contributed by atoms with Crippen LogP contribution in [0.3, 0.4) is 0 Å². The molecule has 1 aromatic heterocycles. The summed E-state index contributed by atoms with van der Waals surface area (Å²) in [4.78, 5) is 34.1. The van der Waals surface area contributed by atoms with Gasteiger partial charge in [-0.3, -0.25) is 14.6 Å². The Kier molecular flexibility index (Phi) is 5.75. The van der Waals surface area contributed by atoms with E-state index in [4.69, 9.17) is 4.74 Å². The van der Waals surface area contributed by atoms with Gasteiger partial charge in [0.05, 0.1) is 12.8 Å². The van der Waals surface area contributed by atoms with E-state index < -0.39 is 0 Å². The minimum atomic E-state index is -0.240. The summed E-state index contributed by atoms with van der Waals surface area (Å²) in [6.45, 7) is 5.06. The van der Waals surface area contributed by atoms with Crippen LogP contribution in [0.25, 0.3) is 0 Å². The van der Waals surface area contributed by atoms with Crippen molar-refractivity contribution < 1.29 is 9.53 Å². The van der Waals surface area contributed by atoms with Crippen LogP contribution in [0.5, 0.6) is 5.75 Å². The van der Waals surface area contributed by atoms with Crippen LogP contribution < -0.4 is 20.5 Å². The van der Waals surface area contributed by atoms with Crippen LogP contribution in [0, 0.1) is 13.8 Å². The summed E-state index contributed by atoms with van der Waals surface area (Å²) in [5, 5.41) is 3.17. The Morgan fingerprint density at radius 3 is 2.77 bits per heavy atom. The van der Waals surface area contributed by atoms with Gasteiger partial charge in [0.1, 0.15) is 5.75 Å². The Morgan fingerprint density at radius 2 is 1.97 bits per heavy atom. The van der Waals surface area contributed by atoms with Crippen LogP contribution in [-0.4, -0.2) is 29.5 Å². The van der Waals surface area contributed by atoms with Gasteiger partial charge in [-0.15, -0.1) is 0 Å². The third-order valence-corrected chi connectivity index (χ3v) is 5.77. The van der Waals surface area contributed by atoms with Crippen molar-refractivity contribution in [3.8, 4) is 5.75 Å². The number of aryl methyl sites for hydroxylation is 1. The summed E-state index contributed by atoms with van der Waals surface area (Å²) in [6.07, 6.45) is 0.332. The molecule has 0 unspecified atom stereocenters. The third-order valence-electron chi connectivity index (χ3n) is 5.77. The lowest BCUT2D eigenvalue weighted by atomic mass is 10.0. The highest BCUT2D eigenvalue weighted by atomic mass is 16.5. The number of methoxy groups -OCH3 is 1. The fourth-order valence-electron chi connectivity index (χ4n) is 3.90. The lowest BCUT2D eigenvalue weighted by Gasteiger charge is -2.20. The molecule has 1 aliphatic rings. The van der Waals surface area contributed by atoms with E-state index in [9.17, 15) is 9.59 Å². The smallest absolute Gasteiger partial charge is 0.252 e. The minimum Gasteiger partial charge on any atom is -0.497 e. The van der Waals surface area contributed by atoms with Gasteiger partial charge in [-0.1, -0.05) is 24.3 Å². The van der Waals surface area contributed by atoms with Crippen LogP contribution in [0.15, 0.2) is 53.3 Å². The van der Waals surface area contributed by atoms with E-state index in [1.165, 1.54) is 6.07 Å². The van der Waals surface area contributed by atoms with E-state index in [-0.39, 0.29) is 17.4 Å². The quantitative estimate of drug-likeness (QED) is 0.640. The molecule has 7 nitrogen and oxygen atoms in total. The highest BCUT2D eigenvalue weighted by Crippen LogP contribution is 2.33. The predicted molar refractivity (Wildman–Crippen MR) is 121 cm³/mol. The Labute approximate surface area is 181 Å². The lowest BCUT2D eigenvalue weighted by Crippen LogP contribution is -2.25. The molecule has 0 radical (unpaired) electrons. The summed E-state index contributed by atoms with van der Waals surface area (Å²) in [5.74, 6) is 1.08. The monoisotopic (exact) mass is 418 g/mol. The largest absolute Gasteiger partial charge is 0.497 e. The van der Waals surface area contributed by atoms with Gasteiger partial charge < -0.3 is 15.0 Å². The molecule has 1 atom stereocenters. The number of rotatable bonds is 6. The number of benzene rings is 2. The van der Waals surface area contributed by atoms with Crippen molar-refractivity contribution in [2.75, 3.05) is 23.9 Å². The molecule has 1 amide bonds. The van der Waals surface area contributed by atoms with E-state index >= 15 is 0 Å². The molecule has 1 aliphatic heterocycles. The molecule has 1 saturated heterocycles. The zero-order valence-corrected chi connectivity index (χ0v) is 17.9. The lowest BCUT2D eigenvalue weighted by molar-refractivity contribution is -0.117. The number of carbonyl (C=O) groups is 1. The molecule has 0 bridgehead atoms. The van der Waals surface area contributed by atoms with Crippen LogP contribution in [0.1, 0.15) is 34.7 Å². The molecular weight excluding hydrogens is 392 g/mol. The van der Waals surface area contributed by atoms with Crippen molar-refractivity contribution in [2.24, 2.45) is 0 Å². The number of hydrogen-bond acceptors (Lipinski definition) is 5. The number of anilines is 2. The first-order chi connectivity index (χ1) is 14.9. The fraction of sp³-hybridized carbons (Fsp3) is 0.292. The van der Waals surface area contributed by atoms with Crippen molar-refractivity contribution in [3.63, 3.8) is 0 Å². The number of aromatic nitrogens is 2. The number of ether oxygens (including phenoxy) is 1. The van der Waals surface area contributed by atoms with Crippen molar-refractivity contribution in [1.82, 2.24) is 9.97 Å². The van der Waals surface area contributed by atoms with Crippen LogP contribution in [-0.2, 0) is 11.3 Å². The van der Waals surface area contributed by atoms with E-state index in [1.807, 2.05) is 56.3 Å². The molecule has 2 N–H and O–H groups in total. The van der Waals surface area contributed by atoms with E-state index in [0.717, 1.165) is 28.1 Å². The first-order valence-corrected chi connectivity index (χ1v) is 10.3. The highest BCUT2D eigenvalue weighted by molar-refractivity contribution is 5.97. The SMILES string of the molecule is COc1cccc(CNc2nc([C@H]3CC(=O)N(c4cccc(C)c4C)C3)cc(=O)[nH]2)c1. The average molecular weight is 418 g/mol. The van der Waals surface area contributed by atoms with Crippen LogP contribution in [0.2, 0.25) is 0 Å². The minimum absolute atomic E-state index is 0.0478. The second kappa shape index (κ2) is 8.63. The molecule has 3 aromatic rings. The maximum Gasteiger partial charge on any atom is 0.252 e. The van der Waals surface area contributed by atoms with E-state index in [0.29, 0.717) is 31.2 Å². The molecule has 1 fully saturated rings. The molecule has 160 valence electrons. The van der Waals surface area contributed by atoms with Gasteiger partial charge in [-0.05, 0) is 48.7 Å². The van der Waals surface area contributed by atoms with E-state index in [2.05, 4.69) is 15.3 Å². The fourth-order valence-corrected chi connectivity index (χ4v) is 3.90. The van der Waals surface area contributed by atoms with Gasteiger partial charge in [0.15, 0.2) is 0 Å². The zero-order chi connectivity index (χ0) is 22.0. The molecule has 31 heavy (non-hydrogen) atoms. The molecular formula is C24H26N4O3. The number of amides is 1. The summed E-state index contributed by atoms with van der Waals surface area (Å²) in [7, 11) is 1.62. The predicted octanol–water partition coefficient (Wildman–Crippen LogP) is 3.53. The first kappa shape index (κ1) is 20.7. The summed E-state index contributed by atoms with van der Waals surface area (Å²) < 4.78 is 5.25. The van der Waals surface area contributed by atoms with Crippen molar-refractivity contribution >= 4 is 17.5 Å². The number of carbonyl (C=O) groups excluding carboxylic acids is 1. The normalized spacial score (nSPS) is 15.9. The van der Waals surface area contributed by atoms with Gasteiger partial charge in [0.25, 0.3) is 5.56 Å². The Bertz CT molecular complexity index is 1170. The zero-order valence-electron chi connectivity index (χ0n) is 17.9. The van der Waals surface area contributed by atoms with Gasteiger partial charge in [-0.25, -0.2) is 4.98 Å². The number of nitrogens with one attached hydrogen (secondary N) is 2. The van der Waals surface area contributed by atoms with Crippen molar-refractivity contribution in [1.29, 1.82) is 0 Å².